The summed E-state index contributed by atoms with van der Waals surface area (Å²) >= 11 is 4.39. The minimum atomic E-state index is -0.462. The first-order chi connectivity index (χ1) is 9.51. The molecule has 2 aromatic rings. The van der Waals surface area contributed by atoms with Crippen LogP contribution in [0, 0.1) is 12.7 Å². The summed E-state index contributed by atoms with van der Waals surface area (Å²) in [6, 6.07) is 3.06. The first-order valence-electron chi connectivity index (χ1n) is 5.86. The van der Waals surface area contributed by atoms with E-state index in [1.165, 1.54) is 17.4 Å². The van der Waals surface area contributed by atoms with E-state index in [0.29, 0.717) is 21.9 Å². The van der Waals surface area contributed by atoms with Gasteiger partial charge in [-0.05, 0) is 47.5 Å². The summed E-state index contributed by atoms with van der Waals surface area (Å²) in [5.41, 5.74) is 1.72. The molecular formula is C13H12BrFN2O2S. The summed E-state index contributed by atoms with van der Waals surface area (Å²) < 4.78 is 18.8. The topological polar surface area (TPSA) is 51.2 Å². The maximum Gasteiger partial charge on any atom is 0.357 e. The summed E-state index contributed by atoms with van der Waals surface area (Å²) in [4.78, 5) is 15.6. The van der Waals surface area contributed by atoms with Crippen LogP contribution in [0.15, 0.2) is 22.0 Å². The van der Waals surface area contributed by atoms with Crippen LogP contribution in [-0.2, 0) is 4.74 Å². The lowest BCUT2D eigenvalue weighted by Crippen LogP contribution is -2.05. The van der Waals surface area contributed by atoms with E-state index in [1.54, 1.807) is 18.4 Å². The number of rotatable bonds is 4. The molecule has 106 valence electrons. The van der Waals surface area contributed by atoms with E-state index in [2.05, 4.69) is 26.2 Å². The predicted octanol–water partition coefficient (Wildman–Crippen LogP) is 4.27. The van der Waals surface area contributed by atoms with Gasteiger partial charge in [-0.15, -0.1) is 11.3 Å². The highest BCUT2D eigenvalue weighted by atomic mass is 79.9. The predicted molar refractivity (Wildman–Crippen MR) is 80.2 cm³/mol. The molecular weight excluding hydrogens is 347 g/mol. The van der Waals surface area contributed by atoms with Gasteiger partial charge in [-0.3, -0.25) is 0 Å². The lowest BCUT2D eigenvalue weighted by atomic mass is 10.2. The van der Waals surface area contributed by atoms with Gasteiger partial charge in [0.2, 0.25) is 0 Å². The highest BCUT2D eigenvalue weighted by molar-refractivity contribution is 9.10. The number of aromatic nitrogens is 1. The van der Waals surface area contributed by atoms with Gasteiger partial charge in [-0.25, -0.2) is 14.2 Å². The number of halogens is 2. The Balaban J connectivity index is 2.19. The molecule has 1 heterocycles. The van der Waals surface area contributed by atoms with E-state index in [-0.39, 0.29) is 11.5 Å². The largest absolute Gasteiger partial charge is 0.461 e. The molecule has 0 atom stereocenters. The molecule has 0 unspecified atom stereocenters. The standard InChI is InChI=1S/C13H12BrFN2O2S/c1-3-19-12(18)11-6-20-13(17-11)16-10-5-9(15)8(14)4-7(10)2/h4-6H,3H2,1-2H3,(H,16,17). The molecule has 1 aromatic carbocycles. The molecule has 0 radical (unpaired) electrons. The van der Waals surface area contributed by atoms with E-state index in [9.17, 15) is 9.18 Å². The maximum atomic E-state index is 13.5. The van der Waals surface area contributed by atoms with E-state index < -0.39 is 5.97 Å². The second-order valence-electron chi connectivity index (χ2n) is 3.96. The van der Waals surface area contributed by atoms with Crippen LogP contribution < -0.4 is 5.32 Å². The Labute approximate surface area is 128 Å². The average molecular weight is 359 g/mol. The number of hydrogen-bond donors (Lipinski definition) is 1. The molecule has 7 heteroatoms. The Morgan fingerprint density at radius 1 is 1.55 bits per heavy atom. The van der Waals surface area contributed by atoms with Gasteiger partial charge in [0, 0.05) is 11.1 Å². The molecule has 0 saturated carbocycles. The van der Waals surface area contributed by atoms with E-state index in [1.807, 2.05) is 6.92 Å². The molecule has 0 aliphatic heterocycles. The first kappa shape index (κ1) is 14.9. The summed E-state index contributed by atoms with van der Waals surface area (Å²) in [5, 5.41) is 5.11. The summed E-state index contributed by atoms with van der Waals surface area (Å²) in [6.07, 6.45) is 0. The van der Waals surface area contributed by atoms with Crippen LogP contribution in [0.5, 0.6) is 0 Å². The van der Waals surface area contributed by atoms with Gasteiger partial charge in [-0.1, -0.05) is 0 Å². The number of anilines is 2. The molecule has 1 aromatic heterocycles. The molecule has 0 aliphatic carbocycles. The van der Waals surface area contributed by atoms with Crippen LogP contribution in [0.3, 0.4) is 0 Å². The van der Waals surface area contributed by atoms with Crippen LogP contribution in [0.1, 0.15) is 23.0 Å². The van der Waals surface area contributed by atoms with Gasteiger partial charge in [-0.2, -0.15) is 0 Å². The van der Waals surface area contributed by atoms with E-state index in [4.69, 9.17) is 4.74 Å². The number of aryl methyl sites for hydroxylation is 1. The van der Waals surface area contributed by atoms with Crippen molar-refractivity contribution >= 4 is 44.1 Å². The quantitative estimate of drug-likeness (QED) is 0.829. The zero-order valence-electron chi connectivity index (χ0n) is 10.9. The molecule has 0 aliphatic rings. The van der Waals surface area contributed by atoms with Crippen molar-refractivity contribution in [1.29, 1.82) is 0 Å². The van der Waals surface area contributed by atoms with Crippen molar-refractivity contribution in [1.82, 2.24) is 4.98 Å². The third-order valence-corrected chi connectivity index (χ3v) is 3.86. The van der Waals surface area contributed by atoms with Crippen LogP contribution in [0.4, 0.5) is 15.2 Å². The Morgan fingerprint density at radius 3 is 3.00 bits per heavy atom. The summed E-state index contributed by atoms with van der Waals surface area (Å²) in [5.74, 6) is -0.823. The normalized spacial score (nSPS) is 10.4. The third kappa shape index (κ3) is 3.34. The van der Waals surface area contributed by atoms with Crippen molar-refractivity contribution in [3.05, 3.63) is 39.1 Å². The van der Waals surface area contributed by atoms with E-state index in [0.717, 1.165) is 5.56 Å². The molecule has 0 fully saturated rings. The first-order valence-corrected chi connectivity index (χ1v) is 7.54. The van der Waals surface area contributed by atoms with Gasteiger partial charge in [0.05, 0.1) is 11.1 Å². The third-order valence-electron chi connectivity index (χ3n) is 2.50. The van der Waals surface area contributed by atoms with Crippen molar-refractivity contribution in [2.45, 2.75) is 13.8 Å². The smallest absolute Gasteiger partial charge is 0.357 e. The molecule has 0 bridgehead atoms. The number of ether oxygens (including phenoxy) is 1. The zero-order valence-corrected chi connectivity index (χ0v) is 13.3. The Bertz CT molecular complexity index is 645. The van der Waals surface area contributed by atoms with Crippen molar-refractivity contribution in [3.8, 4) is 0 Å². The van der Waals surface area contributed by atoms with Crippen LogP contribution in [0.25, 0.3) is 0 Å². The fourth-order valence-electron chi connectivity index (χ4n) is 1.53. The molecule has 0 amide bonds. The highest BCUT2D eigenvalue weighted by Crippen LogP contribution is 2.28. The number of carbonyl (C=O) groups is 1. The molecule has 2 rings (SSSR count). The number of benzene rings is 1. The zero-order chi connectivity index (χ0) is 14.7. The van der Waals surface area contributed by atoms with Gasteiger partial charge in [0.1, 0.15) is 5.82 Å². The minimum absolute atomic E-state index is 0.245. The van der Waals surface area contributed by atoms with Gasteiger partial charge in [0.25, 0.3) is 0 Å². The fraction of sp³-hybridized carbons (Fsp3) is 0.231. The van der Waals surface area contributed by atoms with Gasteiger partial charge in [0.15, 0.2) is 10.8 Å². The number of nitrogens with one attached hydrogen (secondary N) is 1. The number of esters is 1. The van der Waals surface area contributed by atoms with E-state index >= 15 is 0 Å². The summed E-state index contributed by atoms with van der Waals surface area (Å²) in [7, 11) is 0. The lowest BCUT2D eigenvalue weighted by molar-refractivity contribution is 0.0520. The van der Waals surface area contributed by atoms with Crippen molar-refractivity contribution in [3.63, 3.8) is 0 Å². The Morgan fingerprint density at radius 2 is 2.30 bits per heavy atom. The molecule has 0 saturated heterocycles. The van der Waals surface area contributed by atoms with Crippen molar-refractivity contribution in [2.75, 3.05) is 11.9 Å². The fourth-order valence-corrected chi connectivity index (χ4v) is 2.68. The minimum Gasteiger partial charge on any atom is -0.461 e. The SMILES string of the molecule is CCOC(=O)c1csc(Nc2cc(F)c(Br)cc2C)n1. The average Bonchev–Trinajstić information content (AvgIpc) is 2.85. The second kappa shape index (κ2) is 6.32. The molecule has 1 N–H and O–H groups in total. The monoisotopic (exact) mass is 358 g/mol. The van der Waals surface area contributed by atoms with Crippen LogP contribution >= 0.6 is 27.3 Å². The van der Waals surface area contributed by atoms with Gasteiger partial charge < -0.3 is 10.1 Å². The molecule has 4 nitrogen and oxygen atoms in total. The Hall–Kier alpha value is -1.47. The molecule has 20 heavy (non-hydrogen) atoms. The maximum absolute atomic E-state index is 13.5. The number of hydrogen-bond acceptors (Lipinski definition) is 5. The van der Waals surface area contributed by atoms with Crippen molar-refractivity contribution in [2.24, 2.45) is 0 Å². The second-order valence-corrected chi connectivity index (χ2v) is 5.68. The number of nitrogens with zero attached hydrogens (tertiary/aromatic N) is 1. The van der Waals surface area contributed by atoms with Gasteiger partial charge >= 0.3 is 5.97 Å². The number of thiazole rings is 1. The highest BCUT2D eigenvalue weighted by Gasteiger charge is 2.13. The van der Waals surface area contributed by atoms with Crippen molar-refractivity contribution < 1.29 is 13.9 Å². The van der Waals surface area contributed by atoms with Crippen LogP contribution in [-0.4, -0.2) is 17.6 Å². The lowest BCUT2D eigenvalue weighted by Gasteiger charge is -2.07. The Kier molecular flexibility index (Phi) is 4.72. The number of carbonyl (C=O) groups excluding carboxylic acids is 1. The summed E-state index contributed by atoms with van der Waals surface area (Å²) in [6.45, 7) is 3.89. The van der Waals surface area contributed by atoms with Crippen LogP contribution in [0.2, 0.25) is 0 Å². The molecule has 0 spiro atoms.